The molecule has 0 atom stereocenters. The molecule has 1 N–H and O–H groups in total. The number of amides is 2. The summed E-state index contributed by atoms with van der Waals surface area (Å²) in [4.78, 5) is 29.5. The Morgan fingerprint density at radius 2 is 1.79 bits per heavy atom. The van der Waals surface area contributed by atoms with E-state index in [0.717, 1.165) is 11.3 Å². The molecule has 11 heteroatoms. The van der Waals surface area contributed by atoms with Crippen LogP contribution >= 0.6 is 47.2 Å². The van der Waals surface area contributed by atoms with Crippen LogP contribution in [0, 0.1) is 0 Å². The minimum absolute atomic E-state index is 0.198. The number of halogens is 2. The van der Waals surface area contributed by atoms with Crippen molar-refractivity contribution in [3.8, 4) is 11.5 Å². The van der Waals surface area contributed by atoms with Crippen molar-refractivity contribution in [1.82, 2.24) is 0 Å². The van der Waals surface area contributed by atoms with Gasteiger partial charge in [0.05, 0.1) is 27.7 Å². The number of rotatable bonds is 8. The zero-order chi connectivity index (χ0) is 27.4. The van der Waals surface area contributed by atoms with Gasteiger partial charge in [-0.1, -0.05) is 53.2 Å². The highest BCUT2D eigenvalue weighted by molar-refractivity contribution is 8.27. The number of hydrogen-bond acceptors (Lipinski definition) is 7. The van der Waals surface area contributed by atoms with E-state index in [1.54, 1.807) is 42.5 Å². The standard InChI is InChI=1S/C27H23Cl2N3O4S2/c1-31(2)18-6-8-19(9-7-18)32-26(34)24(38-27(32)37)13-16-4-11-22(23(12-16)35-3)36-15-25(33)30-17-5-10-20(28)21(29)14-17/h4-14H,15H2,1-3H3,(H,30,33)/b24-13-. The fraction of sp³-hybridized carbons (Fsp3) is 0.148. The third-order valence-corrected chi connectivity index (χ3v) is 7.51. The number of carbonyl (C=O) groups is 2. The molecule has 1 heterocycles. The van der Waals surface area contributed by atoms with E-state index in [1.807, 2.05) is 43.3 Å². The maximum atomic E-state index is 13.2. The van der Waals surface area contributed by atoms with Gasteiger partial charge in [0.1, 0.15) is 0 Å². The maximum absolute atomic E-state index is 13.2. The van der Waals surface area contributed by atoms with E-state index in [0.29, 0.717) is 42.1 Å². The monoisotopic (exact) mass is 587 g/mol. The first-order valence-electron chi connectivity index (χ1n) is 11.3. The van der Waals surface area contributed by atoms with Crippen molar-refractivity contribution < 1.29 is 19.1 Å². The molecule has 0 saturated carbocycles. The Morgan fingerprint density at radius 3 is 2.45 bits per heavy atom. The lowest BCUT2D eigenvalue weighted by Crippen LogP contribution is -2.27. The van der Waals surface area contributed by atoms with E-state index < -0.39 is 0 Å². The molecule has 0 aromatic heterocycles. The lowest BCUT2D eigenvalue weighted by Gasteiger charge is -2.17. The molecule has 0 bridgehead atoms. The molecule has 1 aliphatic heterocycles. The fourth-order valence-electron chi connectivity index (χ4n) is 3.55. The van der Waals surface area contributed by atoms with Crippen molar-refractivity contribution in [2.24, 2.45) is 0 Å². The molecule has 1 aliphatic rings. The van der Waals surface area contributed by atoms with Gasteiger partial charge in [-0.25, -0.2) is 0 Å². The topological polar surface area (TPSA) is 71.1 Å². The summed E-state index contributed by atoms with van der Waals surface area (Å²) in [6, 6.07) is 17.6. The summed E-state index contributed by atoms with van der Waals surface area (Å²) in [5.41, 5.74) is 2.96. The summed E-state index contributed by atoms with van der Waals surface area (Å²) in [5.74, 6) is 0.214. The van der Waals surface area contributed by atoms with Crippen molar-refractivity contribution >= 4 is 86.5 Å². The highest BCUT2D eigenvalue weighted by atomic mass is 35.5. The highest BCUT2D eigenvalue weighted by Gasteiger charge is 2.33. The lowest BCUT2D eigenvalue weighted by molar-refractivity contribution is -0.118. The Kier molecular flexibility index (Phi) is 8.83. The van der Waals surface area contributed by atoms with Crippen LogP contribution in [0.1, 0.15) is 5.56 Å². The Labute approximate surface area is 240 Å². The van der Waals surface area contributed by atoms with E-state index in [-0.39, 0.29) is 18.4 Å². The number of carbonyl (C=O) groups excluding carboxylic acids is 2. The van der Waals surface area contributed by atoms with Crippen LogP contribution in [0.4, 0.5) is 17.1 Å². The van der Waals surface area contributed by atoms with E-state index in [9.17, 15) is 9.59 Å². The van der Waals surface area contributed by atoms with Gasteiger partial charge in [-0.3, -0.25) is 14.5 Å². The summed E-state index contributed by atoms with van der Waals surface area (Å²) in [6.07, 6.45) is 1.75. The second-order valence-corrected chi connectivity index (χ2v) is 10.8. The van der Waals surface area contributed by atoms with Gasteiger partial charge in [0.2, 0.25) is 0 Å². The number of anilines is 3. The minimum Gasteiger partial charge on any atom is -0.493 e. The molecular weight excluding hydrogens is 565 g/mol. The van der Waals surface area contributed by atoms with E-state index in [2.05, 4.69) is 5.32 Å². The Balaban J connectivity index is 1.44. The Morgan fingerprint density at radius 1 is 1.05 bits per heavy atom. The zero-order valence-electron chi connectivity index (χ0n) is 20.7. The first kappa shape index (κ1) is 27.8. The molecule has 7 nitrogen and oxygen atoms in total. The third kappa shape index (κ3) is 6.42. The molecule has 4 rings (SSSR count). The third-order valence-electron chi connectivity index (χ3n) is 5.47. The average molecular weight is 589 g/mol. The van der Waals surface area contributed by atoms with Gasteiger partial charge < -0.3 is 19.7 Å². The van der Waals surface area contributed by atoms with Crippen molar-refractivity contribution in [1.29, 1.82) is 0 Å². The summed E-state index contributed by atoms with van der Waals surface area (Å²) < 4.78 is 11.6. The zero-order valence-corrected chi connectivity index (χ0v) is 23.8. The number of nitrogens with one attached hydrogen (secondary N) is 1. The van der Waals surface area contributed by atoms with Gasteiger partial charge in [-0.05, 0) is 66.2 Å². The van der Waals surface area contributed by atoms with Gasteiger partial charge in [0.25, 0.3) is 11.8 Å². The van der Waals surface area contributed by atoms with Gasteiger partial charge >= 0.3 is 0 Å². The molecule has 0 aliphatic carbocycles. The first-order valence-corrected chi connectivity index (χ1v) is 13.3. The second kappa shape index (κ2) is 12.1. The van der Waals surface area contributed by atoms with E-state index >= 15 is 0 Å². The summed E-state index contributed by atoms with van der Waals surface area (Å²) in [6.45, 7) is -0.249. The van der Waals surface area contributed by atoms with Crippen LogP contribution in [0.3, 0.4) is 0 Å². The smallest absolute Gasteiger partial charge is 0.270 e. The SMILES string of the molecule is COc1cc(/C=C2\SC(=S)N(c3ccc(N(C)C)cc3)C2=O)ccc1OCC(=O)Nc1ccc(Cl)c(Cl)c1. The number of hydrogen-bond donors (Lipinski definition) is 1. The molecule has 2 amide bonds. The molecule has 0 unspecified atom stereocenters. The predicted octanol–water partition coefficient (Wildman–Crippen LogP) is 6.49. The molecule has 38 heavy (non-hydrogen) atoms. The molecule has 1 saturated heterocycles. The van der Waals surface area contributed by atoms with Crippen LogP contribution in [-0.2, 0) is 9.59 Å². The van der Waals surface area contributed by atoms with Crippen LogP contribution in [0.25, 0.3) is 6.08 Å². The van der Waals surface area contributed by atoms with Crippen LogP contribution < -0.4 is 24.6 Å². The predicted molar refractivity (Wildman–Crippen MR) is 160 cm³/mol. The summed E-state index contributed by atoms with van der Waals surface area (Å²) in [7, 11) is 5.40. The average Bonchev–Trinajstić information content (AvgIpc) is 3.17. The van der Waals surface area contributed by atoms with Gasteiger partial charge in [0.15, 0.2) is 22.4 Å². The highest BCUT2D eigenvalue weighted by Crippen LogP contribution is 2.37. The summed E-state index contributed by atoms with van der Waals surface area (Å²) in [5, 5.41) is 3.43. The quantitative estimate of drug-likeness (QED) is 0.238. The van der Waals surface area contributed by atoms with Crippen molar-refractivity contribution in [2.75, 3.05) is 42.9 Å². The van der Waals surface area contributed by atoms with Crippen LogP contribution in [0.5, 0.6) is 11.5 Å². The van der Waals surface area contributed by atoms with Crippen LogP contribution in [0.15, 0.2) is 65.6 Å². The Bertz CT molecular complexity index is 1430. The molecule has 196 valence electrons. The van der Waals surface area contributed by atoms with Gasteiger partial charge in [-0.2, -0.15) is 0 Å². The van der Waals surface area contributed by atoms with Crippen molar-refractivity contribution in [3.05, 3.63) is 81.2 Å². The normalized spacial score (nSPS) is 14.1. The van der Waals surface area contributed by atoms with Crippen LogP contribution in [-0.4, -0.2) is 43.9 Å². The van der Waals surface area contributed by atoms with E-state index in [4.69, 9.17) is 44.9 Å². The fourth-order valence-corrected chi connectivity index (χ4v) is 5.15. The molecule has 0 spiro atoms. The number of benzene rings is 3. The molecule has 3 aromatic rings. The number of thioether (sulfide) groups is 1. The molecular formula is C27H23Cl2N3O4S2. The maximum Gasteiger partial charge on any atom is 0.270 e. The number of methoxy groups -OCH3 is 1. The second-order valence-electron chi connectivity index (χ2n) is 8.30. The Hall–Kier alpha value is -3.24. The summed E-state index contributed by atoms with van der Waals surface area (Å²) >= 11 is 18.6. The van der Waals surface area contributed by atoms with Crippen molar-refractivity contribution in [2.45, 2.75) is 0 Å². The molecule has 0 radical (unpaired) electrons. The number of ether oxygens (including phenoxy) is 2. The number of thiocarbonyl (C=S) groups is 1. The molecule has 3 aromatic carbocycles. The van der Waals surface area contributed by atoms with Gasteiger partial charge in [0, 0.05) is 25.5 Å². The van der Waals surface area contributed by atoms with E-state index in [1.165, 1.54) is 23.8 Å². The number of nitrogens with zero attached hydrogens (tertiary/aromatic N) is 2. The van der Waals surface area contributed by atoms with Crippen LogP contribution in [0.2, 0.25) is 10.0 Å². The largest absolute Gasteiger partial charge is 0.493 e. The minimum atomic E-state index is -0.378. The first-order chi connectivity index (χ1) is 18.2. The van der Waals surface area contributed by atoms with Crippen molar-refractivity contribution in [3.63, 3.8) is 0 Å². The molecule has 1 fully saturated rings. The lowest BCUT2D eigenvalue weighted by atomic mass is 10.1. The van der Waals surface area contributed by atoms with Gasteiger partial charge in [-0.15, -0.1) is 0 Å².